The molecular formula is C17H18N4O3. The van der Waals surface area contributed by atoms with Crippen LogP contribution in [0.2, 0.25) is 0 Å². The van der Waals surface area contributed by atoms with E-state index in [1.165, 1.54) is 0 Å². The topological polar surface area (TPSA) is 77.3 Å². The molecule has 1 aliphatic rings. The van der Waals surface area contributed by atoms with Gasteiger partial charge in [-0.1, -0.05) is 5.16 Å². The first-order valence-corrected chi connectivity index (χ1v) is 8.01. The summed E-state index contributed by atoms with van der Waals surface area (Å²) in [6.45, 7) is 3.43. The summed E-state index contributed by atoms with van der Waals surface area (Å²) in [5.41, 5.74) is 1.43. The fourth-order valence-corrected chi connectivity index (χ4v) is 3.13. The van der Waals surface area contributed by atoms with E-state index in [0.29, 0.717) is 23.8 Å². The zero-order valence-corrected chi connectivity index (χ0v) is 13.4. The van der Waals surface area contributed by atoms with E-state index in [9.17, 15) is 4.79 Å². The van der Waals surface area contributed by atoms with Crippen molar-refractivity contribution in [1.29, 1.82) is 0 Å². The number of rotatable bonds is 4. The average molecular weight is 326 g/mol. The largest absolute Gasteiger partial charge is 0.461 e. The number of aromatic nitrogens is 3. The molecule has 1 amide bonds. The average Bonchev–Trinajstić information content (AvgIpc) is 3.35. The van der Waals surface area contributed by atoms with E-state index in [1.54, 1.807) is 24.5 Å². The molecule has 3 aromatic heterocycles. The molecule has 1 fully saturated rings. The third-order valence-electron chi connectivity index (χ3n) is 4.29. The molecule has 0 saturated carbocycles. The van der Waals surface area contributed by atoms with Gasteiger partial charge in [0.25, 0.3) is 5.91 Å². The molecule has 0 aliphatic carbocycles. The van der Waals surface area contributed by atoms with Crippen LogP contribution in [0.4, 0.5) is 0 Å². The number of carbonyl (C=O) groups is 1. The lowest BCUT2D eigenvalue weighted by Gasteiger charge is -2.23. The zero-order valence-electron chi connectivity index (χ0n) is 13.4. The normalized spacial score (nSPS) is 17.5. The molecule has 24 heavy (non-hydrogen) atoms. The summed E-state index contributed by atoms with van der Waals surface area (Å²) in [6, 6.07) is 5.30. The molecule has 1 atom stereocenters. The predicted molar refractivity (Wildman–Crippen MR) is 85.2 cm³/mol. The van der Waals surface area contributed by atoms with Crippen LogP contribution in [0.3, 0.4) is 0 Å². The van der Waals surface area contributed by atoms with Gasteiger partial charge < -0.3 is 13.8 Å². The van der Waals surface area contributed by atoms with E-state index in [1.807, 2.05) is 28.9 Å². The molecule has 0 bridgehead atoms. The number of hydrogen-bond acceptors (Lipinski definition) is 5. The van der Waals surface area contributed by atoms with Crippen LogP contribution in [0.5, 0.6) is 0 Å². The molecule has 3 aromatic rings. The Labute approximate surface area is 138 Å². The van der Waals surface area contributed by atoms with E-state index < -0.39 is 0 Å². The van der Waals surface area contributed by atoms with Gasteiger partial charge in [-0.25, -0.2) is 0 Å². The second kappa shape index (κ2) is 5.99. The molecule has 4 heterocycles. The number of aryl methyl sites for hydroxylation is 1. The van der Waals surface area contributed by atoms with Gasteiger partial charge in [0.15, 0.2) is 11.5 Å². The van der Waals surface area contributed by atoms with Gasteiger partial charge in [0.2, 0.25) is 5.76 Å². The highest BCUT2D eigenvalue weighted by Gasteiger charge is 2.31. The van der Waals surface area contributed by atoms with Crippen LogP contribution >= 0.6 is 0 Å². The molecule has 7 heteroatoms. The Morgan fingerprint density at radius 3 is 3.08 bits per heavy atom. The van der Waals surface area contributed by atoms with E-state index >= 15 is 0 Å². The van der Waals surface area contributed by atoms with Gasteiger partial charge in [0.05, 0.1) is 25.0 Å². The summed E-state index contributed by atoms with van der Waals surface area (Å²) in [4.78, 5) is 14.6. The molecule has 124 valence electrons. The second-order valence-electron chi connectivity index (χ2n) is 6.09. The van der Waals surface area contributed by atoms with Gasteiger partial charge in [-0.2, -0.15) is 5.10 Å². The summed E-state index contributed by atoms with van der Waals surface area (Å²) in [7, 11) is 0. The molecule has 1 aliphatic heterocycles. The van der Waals surface area contributed by atoms with Crippen LogP contribution in [-0.4, -0.2) is 38.3 Å². The summed E-state index contributed by atoms with van der Waals surface area (Å²) in [5.74, 6) is 0.913. The lowest BCUT2D eigenvalue weighted by molar-refractivity contribution is 0.0711. The van der Waals surface area contributed by atoms with E-state index in [-0.39, 0.29) is 11.9 Å². The molecule has 1 unspecified atom stereocenters. The summed E-state index contributed by atoms with van der Waals surface area (Å²) >= 11 is 0. The SMILES string of the molecule is Cc1cnn(CC2CCCN2C(=O)c2cc(-c3ccco3)on2)c1. The van der Waals surface area contributed by atoms with Gasteiger partial charge in [0.1, 0.15) is 0 Å². The summed E-state index contributed by atoms with van der Waals surface area (Å²) in [5, 5.41) is 8.23. The van der Waals surface area contributed by atoms with Crippen molar-refractivity contribution in [2.45, 2.75) is 32.4 Å². The number of carbonyl (C=O) groups excluding carboxylic acids is 1. The van der Waals surface area contributed by atoms with Crippen molar-refractivity contribution >= 4 is 5.91 Å². The maximum Gasteiger partial charge on any atom is 0.276 e. The van der Waals surface area contributed by atoms with Crippen LogP contribution in [0.1, 0.15) is 28.9 Å². The van der Waals surface area contributed by atoms with Crippen LogP contribution in [0.15, 0.2) is 45.8 Å². The van der Waals surface area contributed by atoms with Gasteiger partial charge in [0, 0.05) is 18.8 Å². The first-order chi connectivity index (χ1) is 11.7. The van der Waals surface area contributed by atoms with Crippen LogP contribution in [0.25, 0.3) is 11.5 Å². The van der Waals surface area contributed by atoms with Crippen molar-refractivity contribution in [2.75, 3.05) is 6.54 Å². The van der Waals surface area contributed by atoms with Crippen molar-refractivity contribution in [3.8, 4) is 11.5 Å². The van der Waals surface area contributed by atoms with E-state index in [0.717, 1.165) is 24.9 Å². The van der Waals surface area contributed by atoms with Crippen LogP contribution in [-0.2, 0) is 6.54 Å². The number of nitrogens with zero attached hydrogens (tertiary/aromatic N) is 4. The van der Waals surface area contributed by atoms with Crippen molar-refractivity contribution in [1.82, 2.24) is 19.8 Å². The Bertz CT molecular complexity index is 834. The molecule has 1 saturated heterocycles. The first kappa shape index (κ1) is 14.7. The fraction of sp³-hybridized carbons (Fsp3) is 0.353. The Hall–Kier alpha value is -2.83. The molecule has 4 rings (SSSR count). The first-order valence-electron chi connectivity index (χ1n) is 8.01. The van der Waals surface area contributed by atoms with Crippen molar-refractivity contribution in [2.24, 2.45) is 0 Å². The number of likely N-dealkylation sites (tertiary alicyclic amines) is 1. The minimum absolute atomic E-state index is 0.108. The highest BCUT2D eigenvalue weighted by atomic mass is 16.5. The van der Waals surface area contributed by atoms with Gasteiger partial charge in [-0.15, -0.1) is 0 Å². The monoisotopic (exact) mass is 326 g/mol. The molecular weight excluding hydrogens is 308 g/mol. The predicted octanol–water partition coefficient (Wildman–Crippen LogP) is 2.74. The molecule has 0 N–H and O–H groups in total. The second-order valence-corrected chi connectivity index (χ2v) is 6.09. The Kier molecular flexibility index (Phi) is 3.68. The highest BCUT2D eigenvalue weighted by Crippen LogP contribution is 2.24. The lowest BCUT2D eigenvalue weighted by atomic mass is 10.2. The summed E-state index contributed by atoms with van der Waals surface area (Å²) in [6.07, 6.45) is 7.33. The third kappa shape index (κ3) is 2.73. The Morgan fingerprint density at radius 2 is 2.33 bits per heavy atom. The highest BCUT2D eigenvalue weighted by molar-refractivity contribution is 5.93. The molecule has 0 radical (unpaired) electrons. The standard InChI is InChI=1S/C17H18N4O3/c1-12-9-18-20(10-12)11-13-4-2-6-21(13)17(22)14-8-16(24-19-14)15-5-3-7-23-15/h3,5,7-10,13H,2,4,6,11H2,1H3. The smallest absolute Gasteiger partial charge is 0.276 e. The Balaban J connectivity index is 1.50. The van der Waals surface area contributed by atoms with Crippen molar-refractivity contribution in [3.05, 3.63) is 48.1 Å². The van der Waals surface area contributed by atoms with Crippen LogP contribution < -0.4 is 0 Å². The molecule has 0 aromatic carbocycles. The fourth-order valence-electron chi connectivity index (χ4n) is 3.13. The summed E-state index contributed by atoms with van der Waals surface area (Å²) < 4.78 is 12.4. The van der Waals surface area contributed by atoms with Crippen molar-refractivity contribution in [3.63, 3.8) is 0 Å². The van der Waals surface area contributed by atoms with E-state index in [4.69, 9.17) is 8.94 Å². The number of furan rings is 1. The number of amides is 1. The van der Waals surface area contributed by atoms with Gasteiger partial charge in [-0.05, 0) is 37.5 Å². The zero-order chi connectivity index (χ0) is 16.5. The lowest BCUT2D eigenvalue weighted by Crippen LogP contribution is -2.38. The molecule has 7 nitrogen and oxygen atoms in total. The van der Waals surface area contributed by atoms with E-state index in [2.05, 4.69) is 10.3 Å². The number of hydrogen-bond donors (Lipinski definition) is 0. The van der Waals surface area contributed by atoms with Gasteiger partial charge >= 0.3 is 0 Å². The maximum absolute atomic E-state index is 12.8. The maximum atomic E-state index is 12.8. The minimum atomic E-state index is -0.108. The van der Waals surface area contributed by atoms with Crippen LogP contribution in [0, 0.1) is 6.92 Å². The quantitative estimate of drug-likeness (QED) is 0.737. The molecule has 0 spiro atoms. The van der Waals surface area contributed by atoms with Gasteiger partial charge in [-0.3, -0.25) is 9.48 Å². The Morgan fingerprint density at radius 1 is 1.42 bits per heavy atom. The van der Waals surface area contributed by atoms with Crippen molar-refractivity contribution < 1.29 is 13.7 Å². The third-order valence-corrected chi connectivity index (χ3v) is 4.29. The minimum Gasteiger partial charge on any atom is -0.461 e.